The number of carbonyl (C=O) groups excluding carboxylic acids is 3. The number of halogens is 2. The number of esters is 1. The third kappa shape index (κ3) is 6.34. The van der Waals surface area contributed by atoms with Crippen LogP contribution >= 0.6 is 7.75 Å². The van der Waals surface area contributed by atoms with Gasteiger partial charge in [-0.2, -0.15) is 13.9 Å². The SMILES string of the molecule is C#CCOC(=O)[C@H](C)N[P@](=O)(OC[C@H]1O[C@@H](N2C=CC(=O)CC2=O)C(F)(F)[C@@H]1O)Oc1ccccc1. The van der Waals surface area contributed by atoms with Gasteiger partial charge in [-0.3, -0.25) is 23.8 Å². The number of amides is 1. The van der Waals surface area contributed by atoms with Crippen molar-refractivity contribution in [2.24, 2.45) is 0 Å². The zero-order valence-electron chi connectivity index (χ0n) is 18.9. The van der Waals surface area contributed by atoms with Crippen molar-refractivity contribution in [3.05, 3.63) is 42.6 Å². The van der Waals surface area contributed by atoms with Gasteiger partial charge in [-0.05, 0) is 25.1 Å². The van der Waals surface area contributed by atoms with E-state index in [4.69, 9.17) is 24.9 Å². The number of rotatable bonds is 10. The van der Waals surface area contributed by atoms with Crippen molar-refractivity contribution in [1.29, 1.82) is 0 Å². The van der Waals surface area contributed by atoms with Gasteiger partial charge >= 0.3 is 19.6 Å². The number of para-hydroxylation sites is 1. The second kappa shape index (κ2) is 11.3. The van der Waals surface area contributed by atoms with Gasteiger partial charge in [0.25, 0.3) is 0 Å². The highest BCUT2D eigenvalue weighted by molar-refractivity contribution is 7.52. The number of alkyl halides is 2. The quantitative estimate of drug-likeness (QED) is 0.198. The predicted octanol–water partition coefficient (Wildman–Crippen LogP) is 1.38. The fourth-order valence-electron chi connectivity index (χ4n) is 3.27. The van der Waals surface area contributed by atoms with Crippen LogP contribution in [0.25, 0.3) is 0 Å². The number of carbonyl (C=O) groups is 3. The Morgan fingerprint density at radius 3 is 2.72 bits per heavy atom. The Morgan fingerprint density at radius 2 is 2.08 bits per heavy atom. The summed E-state index contributed by atoms with van der Waals surface area (Å²) in [5, 5.41) is 12.5. The van der Waals surface area contributed by atoms with Gasteiger partial charge in [0, 0.05) is 6.20 Å². The summed E-state index contributed by atoms with van der Waals surface area (Å²) < 4.78 is 63.6. The molecule has 1 saturated heterocycles. The standard InChI is InChI=1S/C22H23F2N2O9P/c1-3-11-32-20(30)14(2)25-36(31,35-16-7-5-4-6-8-16)33-13-17-19(29)22(23,24)21(34-17)26-10-9-15(27)12-18(26)28/h1,4-10,14,17,19,21,29H,11-13H2,2H3,(H,25,31)/t14-,17+,19+,21+,36-/m0/s1. The Morgan fingerprint density at radius 1 is 1.39 bits per heavy atom. The van der Waals surface area contributed by atoms with E-state index in [1.807, 2.05) is 0 Å². The fraction of sp³-hybridized carbons (Fsp3) is 0.409. The Hall–Kier alpha value is -3.14. The Kier molecular flexibility index (Phi) is 8.60. The molecule has 0 unspecified atom stereocenters. The molecular weight excluding hydrogens is 505 g/mol. The van der Waals surface area contributed by atoms with E-state index in [-0.39, 0.29) is 12.4 Å². The van der Waals surface area contributed by atoms with Gasteiger partial charge in [0.05, 0.1) is 13.0 Å². The molecule has 0 aliphatic carbocycles. The number of allylic oxidation sites excluding steroid dienone is 1. The number of ether oxygens (including phenoxy) is 2. The van der Waals surface area contributed by atoms with Crippen molar-refractivity contribution in [2.45, 2.75) is 43.7 Å². The normalized spacial score (nSPS) is 25.6. The van der Waals surface area contributed by atoms with Crippen molar-refractivity contribution in [1.82, 2.24) is 9.99 Å². The molecule has 5 atom stereocenters. The Balaban J connectivity index is 1.75. The first-order valence-electron chi connectivity index (χ1n) is 10.6. The molecule has 2 heterocycles. The maximum atomic E-state index is 14.8. The summed E-state index contributed by atoms with van der Waals surface area (Å²) in [4.78, 5) is 36.0. The first kappa shape index (κ1) is 27.4. The molecule has 0 bridgehead atoms. The summed E-state index contributed by atoms with van der Waals surface area (Å²) in [6, 6.07) is 6.38. The highest BCUT2D eigenvalue weighted by Gasteiger charge is 2.61. The van der Waals surface area contributed by atoms with Crippen molar-refractivity contribution in [2.75, 3.05) is 13.2 Å². The molecule has 2 N–H and O–H groups in total. The van der Waals surface area contributed by atoms with Crippen LogP contribution in [-0.4, -0.2) is 71.3 Å². The summed E-state index contributed by atoms with van der Waals surface area (Å²) in [5.41, 5.74) is 0. The van der Waals surface area contributed by atoms with Gasteiger partial charge < -0.3 is 19.1 Å². The van der Waals surface area contributed by atoms with E-state index in [1.165, 1.54) is 19.1 Å². The average Bonchev–Trinajstić information content (AvgIpc) is 3.05. The largest absolute Gasteiger partial charge is 0.459 e. The highest BCUT2D eigenvalue weighted by atomic mass is 31.2. The predicted molar refractivity (Wildman–Crippen MR) is 118 cm³/mol. The van der Waals surface area contributed by atoms with E-state index in [1.54, 1.807) is 18.2 Å². The monoisotopic (exact) mass is 528 g/mol. The molecule has 11 nitrogen and oxygen atoms in total. The molecule has 0 aromatic heterocycles. The van der Waals surface area contributed by atoms with Gasteiger partial charge in [-0.25, -0.2) is 4.57 Å². The molecule has 3 rings (SSSR count). The maximum absolute atomic E-state index is 14.8. The minimum Gasteiger partial charge on any atom is -0.451 e. The van der Waals surface area contributed by atoms with E-state index in [0.29, 0.717) is 4.90 Å². The number of nitrogens with zero attached hydrogens (tertiary/aromatic N) is 1. The van der Waals surface area contributed by atoms with Crippen LogP contribution in [0.1, 0.15) is 13.3 Å². The first-order chi connectivity index (χ1) is 17.0. The Labute approximate surface area is 204 Å². The third-order valence-corrected chi connectivity index (χ3v) is 6.69. The molecule has 0 radical (unpaired) electrons. The summed E-state index contributed by atoms with van der Waals surface area (Å²) in [5.74, 6) is -4.21. The van der Waals surface area contributed by atoms with E-state index < -0.39 is 68.8 Å². The van der Waals surface area contributed by atoms with E-state index in [0.717, 1.165) is 12.3 Å². The molecule has 1 aromatic rings. The maximum Gasteiger partial charge on any atom is 0.459 e. The number of terminal acetylenes is 1. The van der Waals surface area contributed by atoms with Crippen molar-refractivity contribution in [3.8, 4) is 18.1 Å². The molecule has 14 heteroatoms. The first-order valence-corrected chi connectivity index (χ1v) is 12.1. The zero-order valence-corrected chi connectivity index (χ0v) is 19.8. The lowest BCUT2D eigenvalue weighted by Crippen LogP contribution is -2.50. The van der Waals surface area contributed by atoms with Crippen LogP contribution in [-0.2, 0) is 32.9 Å². The van der Waals surface area contributed by atoms with Gasteiger partial charge in [-0.1, -0.05) is 24.1 Å². The van der Waals surface area contributed by atoms with E-state index in [9.17, 15) is 32.8 Å². The lowest BCUT2D eigenvalue weighted by molar-refractivity contribution is -0.172. The lowest BCUT2D eigenvalue weighted by Gasteiger charge is -2.30. The van der Waals surface area contributed by atoms with E-state index in [2.05, 4.69) is 11.0 Å². The molecule has 1 amide bonds. The second-order valence-electron chi connectivity index (χ2n) is 7.77. The Bertz CT molecular complexity index is 1110. The van der Waals surface area contributed by atoms with Crippen molar-refractivity contribution < 1.29 is 51.4 Å². The number of hydrogen-bond donors (Lipinski definition) is 2. The summed E-state index contributed by atoms with van der Waals surface area (Å²) in [6.07, 6.45) is -0.284. The average molecular weight is 528 g/mol. The number of aliphatic hydroxyl groups excluding tert-OH is 1. The van der Waals surface area contributed by atoms with Crippen LogP contribution in [0.5, 0.6) is 5.75 Å². The van der Waals surface area contributed by atoms with Crippen LogP contribution in [0.2, 0.25) is 0 Å². The van der Waals surface area contributed by atoms with Crippen LogP contribution < -0.4 is 9.61 Å². The zero-order chi connectivity index (χ0) is 26.5. The minimum absolute atomic E-state index is 0.0577. The lowest BCUT2D eigenvalue weighted by atomic mass is 10.1. The molecule has 0 spiro atoms. The van der Waals surface area contributed by atoms with Crippen LogP contribution in [0, 0.1) is 12.3 Å². The van der Waals surface area contributed by atoms with Crippen molar-refractivity contribution in [3.63, 3.8) is 0 Å². The second-order valence-corrected chi connectivity index (χ2v) is 9.46. The number of hydrogen-bond acceptors (Lipinski definition) is 9. The third-order valence-electron chi connectivity index (χ3n) is 5.05. The number of aliphatic hydroxyl groups is 1. The number of ketones is 1. The summed E-state index contributed by atoms with van der Waals surface area (Å²) in [7, 11) is -4.45. The molecule has 2 aliphatic heterocycles. The van der Waals surface area contributed by atoms with Crippen LogP contribution in [0.3, 0.4) is 0 Å². The number of nitrogens with one attached hydrogen (secondary N) is 1. The highest BCUT2D eigenvalue weighted by Crippen LogP contribution is 2.47. The van der Waals surface area contributed by atoms with Crippen LogP contribution in [0.4, 0.5) is 8.78 Å². The summed E-state index contributed by atoms with van der Waals surface area (Å²) in [6.45, 7) is 0.0501. The molecule has 194 valence electrons. The molecule has 36 heavy (non-hydrogen) atoms. The smallest absolute Gasteiger partial charge is 0.451 e. The fourth-order valence-corrected chi connectivity index (χ4v) is 4.77. The van der Waals surface area contributed by atoms with E-state index >= 15 is 0 Å². The molecular formula is C22H23F2N2O9P. The topological polar surface area (TPSA) is 141 Å². The van der Waals surface area contributed by atoms with Gasteiger partial charge in [0.1, 0.15) is 17.9 Å². The summed E-state index contributed by atoms with van der Waals surface area (Å²) >= 11 is 0. The molecule has 1 fully saturated rings. The molecule has 1 aromatic carbocycles. The minimum atomic E-state index is -4.45. The van der Waals surface area contributed by atoms with Crippen LogP contribution in [0.15, 0.2) is 42.6 Å². The number of benzene rings is 1. The van der Waals surface area contributed by atoms with Gasteiger partial charge in [0.15, 0.2) is 18.5 Å². The van der Waals surface area contributed by atoms with Gasteiger partial charge in [-0.15, -0.1) is 6.42 Å². The molecule has 0 saturated carbocycles. The van der Waals surface area contributed by atoms with Gasteiger partial charge in [0.2, 0.25) is 12.1 Å². The van der Waals surface area contributed by atoms with Crippen molar-refractivity contribution >= 4 is 25.4 Å². The molecule has 2 aliphatic rings.